The van der Waals surface area contributed by atoms with E-state index in [1.807, 2.05) is 0 Å². The third-order valence-electron chi connectivity index (χ3n) is 5.11. The molecular formula is C20H25N3O5S. The second-order valence-electron chi connectivity index (χ2n) is 7.22. The van der Waals surface area contributed by atoms with Crippen LogP contribution in [0.25, 0.3) is 0 Å². The smallest absolute Gasteiger partial charge is 0.293 e. The highest BCUT2D eigenvalue weighted by atomic mass is 32.2. The van der Waals surface area contributed by atoms with E-state index < -0.39 is 14.9 Å². The van der Waals surface area contributed by atoms with Crippen molar-refractivity contribution < 1.29 is 18.4 Å². The third-order valence-corrected chi connectivity index (χ3v) is 7.01. The van der Waals surface area contributed by atoms with E-state index in [4.69, 9.17) is 0 Å². The number of phenolic OH excluding ortho intramolecular Hbond substituents is 1. The number of phenols is 1. The molecule has 1 fully saturated rings. The highest BCUT2D eigenvalue weighted by Gasteiger charge is 2.28. The fourth-order valence-electron chi connectivity index (χ4n) is 3.49. The topological polar surface area (TPSA) is 113 Å². The lowest BCUT2D eigenvalue weighted by atomic mass is 10.1. The Hall–Kier alpha value is -2.65. The van der Waals surface area contributed by atoms with Crippen LogP contribution in [0.1, 0.15) is 44.2 Å². The molecule has 0 amide bonds. The lowest BCUT2D eigenvalue weighted by Crippen LogP contribution is -2.32. The zero-order chi connectivity index (χ0) is 21.0. The van der Waals surface area contributed by atoms with Crippen LogP contribution < -0.4 is 5.32 Å². The molecule has 9 heteroatoms. The molecule has 2 aromatic rings. The van der Waals surface area contributed by atoms with Crippen molar-refractivity contribution in [2.45, 2.75) is 43.5 Å². The van der Waals surface area contributed by atoms with E-state index in [0.717, 1.165) is 37.3 Å². The molecular weight excluding hydrogens is 394 g/mol. The Morgan fingerprint density at radius 3 is 2.41 bits per heavy atom. The average molecular weight is 420 g/mol. The molecule has 2 N–H and O–H groups in total. The molecule has 156 valence electrons. The number of hydrogen-bond donors (Lipinski definition) is 2. The van der Waals surface area contributed by atoms with Gasteiger partial charge < -0.3 is 10.4 Å². The number of rotatable bonds is 6. The molecule has 0 saturated carbocycles. The van der Waals surface area contributed by atoms with Crippen LogP contribution in [0.4, 0.5) is 11.4 Å². The zero-order valence-corrected chi connectivity index (χ0v) is 17.1. The van der Waals surface area contributed by atoms with E-state index in [1.165, 1.54) is 16.4 Å². The Balaban J connectivity index is 1.90. The minimum atomic E-state index is -3.78. The maximum absolute atomic E-state index is 13.0. The van der Waals surface area contributed by atoms with Gasteiger partial charge in [0.2, 0.25) is 10.0 Å². The van der Waals surface area contributed by atoms with Crippen LogP contribution in [0, 0.1) is 10.1 Å². The predicted molar refractivity (Wildman–Crippen MR) is 110 cm³/mol. The van der Waals surface area contributed by atoms with Crippen molar-refractivity contribution in [1.29, 1.82) is 0 Å². The molecule has 0 radical (unpaired) electrons. The number of hydrogen-bond acceptors (Lipinski definition) is 6. The van der Waals surface area contributed by atoms with E-state index in [2.05, 4.69) is 5.32 Å². The summed E-state index contributed by atoms with van der Waals surface area (Å²) in [5, 5.41) is 24.3. The first kappa shape index (κ1) is 21.1. The molecule has 29 heavy (non-hydrogen) atoms. The number of anilines is 1. The van der Waals surface area contributed by atoms with Gasteiger partial charge in [0.1, 0.15) is 11.4 Å². The van der Waals surface area contributed by atoms with E-state index in [1.54, 1.807) is 31.2 Å². The summed E-state index contributed by atoms with van der Waals surface area (Å²) in [4.78, 5) is 11.0. The standard InChI is InChI=1S/C20H25N3O5S/c1-15(16-7-6-8-17(24)13-16)21-19-10-9-18(14-20(19)23(25)26)29(27,28)22-11-4-2-3-5-12-22/h6-10,13-15,21,24H,2-5,11-12H2,1H3. The molecule has 8 nitrogen and oxygen atoms in total. The lowest BCUT2D eigenvalue weighted by Gasteiger charge is -2.20. The van der Waals surface area contributed by atoms with Crippen molar-refractivity contribution in [2.24, 2.45) is 0 Å². The normalized spacial score (nSPS) is 16.7. The molecule has 1 saturated heterocycles. The van der Waals surface area contributed by atoms with Gasteiger partial charge in [0.25, 0.3) is 5.69 Å². The van der Waals surface area contributed by atoms with Gasteiger partial charge in [-0.3, -0.25) is 10.1 Å². The highest BCUT2D eigenvalue weighted by Crippen LogP contribution is 2.32. The first-order valence-electron chi connectivity index (χ1n) is 9.63. The Morgan fingerprint density at radius 2 is 1.79 bits per heavy atom. The maximum atomic E-state index is 13.0. The molecule has 1 heterocycles. The van der Waals surface area contributed by atoms with Crippen LogP contribution >= 0.6 is 0 Å². The van der Waals surface area contributed by atoms with Gasteiger partial charge in [-0.25, -0.2) is 8.42 Å². The van der Waals surface area contributed by atoms with Crippen LogP contribution in [-0.2, 0) is 10.0 Å². The fraction of sp³-hybridized carbons (Fsp3) is 0.400. The van der Waals surface area contributed by atoms with Crippen LogP contribution in [0.2, 0.25) is 0 Å². The van der Waals surface area contributed by atoms with Crippen molar-refractivity contribution >= 4 is 21.4 Å². The third kappa shape index (κ3) is 4.86. The highest BCUT2D eigenvalue weighted by molar-refractivity contribution is 7.89. The van der Waals surface area contributed by atoms with Gasteiger partial charge in [0.15, 0.2) is 0 Å². The number of aromatic hydroxyl groups is 1. The van der Waals surface area contributed by atoms with E-state index in [9.17, 15) is 23.6 Å². The second kappa shape index (κ2) is 8.79. The van der Waals surface area contributed by atoms with Crippen molar-refractivity contribution in [2.75, 3.05) is 18.4 Å². The Morgan fingerprint density at radius 1 is 1.10 bits per heavy atom. The molecule has 1 unspecified atom stereocenters. The van der Waals surface area contributed by atoms with Crippen LogP contribution in [0.5, 0.6) is 5.75 Å². The molecule has 1 atom stereocenters. The van der Waals surface area contributed by atoms with Gasteiger partial charge in [-0.2, -0.15) is 4.31 Å². The van der Waals surface area contributed by atoms with Crippen LogP contribution in [0.15, 0.2) is 47.4 Å². The van der Waals surface area contributed by atoms with Gasteiger partial charge in [0.05, 0.1) is 9.82 Å². The Labute approximate surface area is 170 Å². The van der Waals surface area contributed by atoms with Crippen LogP contribution in [0.3, 0.4) is 0 Å². The van der Waals surface area contributed by atoms with Crippen molar-refractivity contribution in [3.63, 3.8) is 0 Å². The summed E-state index contributed by atoms with van der Waals surface area (Å²) in [6.45, 7) is 2.68. The molecule has 3 rings (SSSR count). The lowest BCUT2D eigenvalue weighted by molar-refractivity contribution is -0.384. The van der Waals surface area contributed by atoms with E-state index in [0.29, 0.717) is 13.1 Å². The van der Waals surface area contributed by atoms with Gasteiger partial charge in [0, 0.05) is 25.2 Å². The van der Waals surface area contributed by atoms with Crippen molar-refractivity contribution in [3.05, 3.63) is 58.1 Å². The maximum Gasteiger partial charge on any atom is 0.293 e. The zero-order valence-electron chi connectivity index (χ0n) is 16.2. The van der Waals surface area contributed by atoms with E-state index in [-0.39, 0.29) is 28.1 Å². The first-order valence-corrected chi connectivity index (χ1v) is 11.1. The average Bonchev–Trinajstić information content (AvgIpc) is 2.98. The summed E-state index contributed by atoms with van der Waals surface area (Å²) >= 11 is 0. The van der Waals surface area contributed by atoms with Gasteiger partial charge in [-0.05, 0) is 49.6 Å². The van der Waals surface area contributed by atoms with Crippen molar-refractivity contribution in [1.82, 2.24) is 4.31 Å². The molecule has 0 aliphatic carbocycles. The van der Waals surface area contributed by atoms with Gasteiger partial charge >= 0.3 is 0 Å². The summed E-state index contributed by atoms with van der Waals surface area (Å²) in [6.07, 6.45) is 3.56. The molecule has 1 aliphatic rings. The summed E-state index contributed by atoms with van der Waals surface area (Å²) in [5.74, 6) is 0.101. The quantitative estimate of drug-likeness (QED) is 0.540. The molecule has 2 aromatic carbocycles. The number of nitro benzene ring substituents is 1. The monoisotopic (exact) mass is 419 g/mol. The number of nitro groups is 1. The Kier molecular flexibility index (Phi) is 6.39. The minimum Gasteiger partial charge on any atom is -0.508 e. The predicted octanol–water partition coefficient (Wildman–Crippen LogP) is 4.04. The second-order valence-corrected chi connectivity index (χ2v) is 9.15. The summed E-state index contributed by atoms with van der Waals surface area (Å²) in [5.41, 5.74) is 0.675. The number of sulfonamides is 1. The van der Waals surface area contributed by atoms with Crippen LogP contribution in [-0.4, -0.2) is 35.8 Å². The number of nitrogens with one attached hydrogen (secondary N) is 1. The SMILES string of the molecule is CC(Nc1ccc(S(=O)(=O)N2CCCCCC2)cc1[N+](=O)[O-])c1cccc(O)c1. The largest absolute Gasteiger partial charge is 0.508 e. The molecule has 0 bridgehead atoms. The first-order chi connectivity index (χ1) is 13.8. The number of nitrogens with zero attached hydrogens (tertiary/aromatic N) is 2. The molecule has 1 aliphatic heterocycles. The minimum absolute atomic E-state index is 0.0679. The van der Waals surface area contributed by atoms with Crippen molar-refractivity contribution in [3.8, 4) is 5.75 Å². The summed E-state index contributed by atoms with van der Waals surface area (Å²) < 4.78 is 27.3. The van der Waals surface area contributed by atoms with Gasteiger partial charge in [-0.1, -0.05) is 25.0 Å². The summed E-state index contributed by atoms with van der Waals surface area (Å²) in [7, 11) is -3.78. The fourth-order valence-corrected chi connectivity index (χ4v) is 5.02. The Bertz CT molecular complexity index is 985. The summed E-state index contributed by atoms with van der Waals surface area (Å²) in [6, 6.07) is 10.2. The van der Waals surface area contributed by atoms with E-state index >= 15 is 0 Å². The number of benzene rings is 2. The molecule has 0 spiro atoms. The molecule has 0 aromatic heterocycles. The van der Waals surface area contributed by atoms with Gasteiger partial charge in [-0.15, -0.1) is 0 Å².